The monoisotopic (exact) mass is 740 g/mol. The minimum atomic E-state index is -0.728. The minimum Gasteiger partial charge on any atom is -0.444 e. The van der Waals surface area contributed by atoms with Crippen molar-refractivity contribution in [3.8, 4) is 11.3 Å². The highest BCUT2D eigenvalue weighted by molar-refractivity contribution is 5.97. The van der Waals surface area contributed by atoms with Crippen LogP contribution in [0, 0.1) is 11.3 Å². The molecule has 2 aromatic carbocycles. The number of nitrogens with one attached hydrogen (secondary N) is 2. The van der Waals surface area contributed by atoms with E-state index in [1.165, 1.54) is 6.21 Å². The topological polar surface area (TPSA) is 140 Å². The fraction of sp³-hybridized carbons (Fsp3) is 0.537. The molecule has 1 saturated carbocycles. The fourth-order valence-electron chi connectivity index (χ4n) is 6.85. The fourth-order valence-corrected chi connectivity index (χ4v) is 6.85. The van der Waals surface area contributed by atoms with Crippen LogP contribution >= 0.6 is 0 Å². The van der Waals surface area contributed by atoms with Crippen LogP contribution in [0.4, 0.5) is 21.0 Å². The average molecular weight is 741 g/mol. The smallest absolute Gasteiger partial charge is 0.419 e. The van der Waals surface area contributed by atoms with Crippen molar-refractivity contribution >= 4 is 40.7 Å². The maximum absolute atomic E-state index is 13.9. The van der Waals surface area contributed by atoms with E-state index >= 15 is 0 Å². The lowest BCUT2D eigenvalue weighted by molar-refractivity contribution is 0.0163. The number of amides is 1. The molecule has 290 valence electrons. The molecule has 3 heterocycles. The molecule has 0 spiro atoms. The number of benzene rings is 2. The van der Waals surface area contributed by atoms with E-state index in [1.807, 2.05) is 103 Å². The van der Waals surface area contributed by atoms with Gasteiger partial charge in [0.15, 0.2) is 0 Å². The predicted molar refractivity (Wildman–Crippen MR) is 212 cm³/mol. The summed E-state index contributed by atoms with van der Waals surface area (Å²) in [6.45, 7) is 13.0. The summed E-state index contributed by atoms with van der Waals surface area (Å²) in [7, 11) is 3.97. The van der Waals surface area contributed by atoms with Gasteiger partial charge in [0.1, 0.15) is 23.1 Å². The Bertz CT molecular complexity index is 1980. The Kier molecular flexibility index (Phi) is 11.4. The maximum Gasteiger partial charge on any atom is 0.419 e. The van der Waals surface area contributed by atoms with Crippen LogP contribution in [0.2, 0.25) is 0 Å². The first kappa shape index (κ1) is 38.8. The minimum absolute atomic E-state index is 0.114. The number of aromatic nitrogens is 4. The Morgan fingerprint density at radius 1 is 1.00 bits per heavy atom. The molecule has 1 aliphatic carbocycles. The third-order valence-electron chi connectivity index (χ3n) is 9.71. The SMILES string of the molecule is CN(C)c1cc(NC2CCCCO2)c(C=N)c(-c2cn(Cc3ccc4cc(CN(CC5CCC5)C(=O)OC(C)(C)C)n(C(=O)OC(C)(C)C)c4c3)nn2)c1. The van der Waals surface area contributed by atoms with Gasteiger partial charge in [-0.25, -0.2) is 18.8 Å². The van der Waals surface area contributed by atoms with Crippen LogP contribution < -0.4 is 10.2 Å². The zero-order valence-electron chi connectivity index (χ0n) is 33.1. The van der Waals surface area contributed by atoms with Gasteiger partial charge in [0.05, 0.1) is 24.8 Å². The van der Waals surface area contributed by atoms with Crippen LogP contribution in [0.15, 0.2) is 42.6 Å². The van der Waals surface area contributed by atoms with Crippen molar-refractivity contribution in [3.63, 3.8) is 0 Å². The second-order valence-corrected chi connectivity index (χ2v) is 16.8. The number of hydrogen-bond acceptors (Lipinski definition) is 10. The number of rotatable bonds is 11. The Morgan fingerprint density at radius 3 is 2.39 bits per heavy atom. The van der Waals surface area contributed by atoms with Crippen molar-refractivity contribution in [3.05, 3.63) is 59.4 Å². The van der Waals surface area contributed by atoms with Gasteiger partial charge in [-0.15, -0.1) is 5.10 Å². The summed E-state index contributed by atoms with van der Waals surface area (Å²) < 4.78 is 21.0. The Labute approximate surface area is 318 Å². The molecule has 1 unspecified atom stereocenters. The third-order valence-corrected chi connectivity index (χ3v) is 9.71. The molecule has 1 amide bonds. The largest absolute Gasteiger partial charge is 0.444 e. The van der Waals surface area contributed by atoms with E-state index in [0.29, 0.717) is 48.1 Å². The van der Waals surface area contributed by atoms with Crippen molar-refractivity contribution < 1.29 is 23.8 Å². The zero-order valence-corrected chi connectivity index (χ0v) is 33.1. The molecule has 2 N–H and O–H groups in total. The number of carbonyl (C=O) groups excluding carboxylic acids is 2. The van der Waals surface area contributed by atoms with E-state index in [4.69, 9.17) is 19.6 Å². The summed E-state index contributed by atoms with van der Waals surface area (Å²) in [6, 6.07) is 12.0. The van der Waals surface area contributed by atoms with Gasteiger partial charge < -0.3 is 34.7 Å². The normalized spacial score (nSPS) is 16.5. The molecule has 0 bridgehead atoms. The van der Waals surface area contributed by atoms with Crippen molar-refractivity contribution in [2.24, 2.45) is 5.92 Å². The zero-order chi connectivity index (χ0) is 38.8. The molecule has 4 aromatic rings. The molecule has 54 heavy (non-hydrogen) atoms. The van der Waals surface area contributed by atoms with Gasteiger partial charge in [-0.2, -0.15) is 0 Å². The number of carbonyl (C=O) groups is 2. The molecule has 1 aliphatic heterocycles. The van der Waals surface area contributed by atoms with Crippen LogP contribution in [0.1, 0.15) is 96.9 Å². The number of ether oxygens (including phenoxy) is 3. The van der Waals surface area contributed by atoms with E-state index in [1.54, 1.807) is 14.1 Å². The summed E-state index contributed by atoms with van der Waals surface area (Å²) in [6.07, 6.45) is 8.55. The molecule has 13 heteroatoms. The van der Waals surface area contributed by atoms with Gasteiger partial charge in [0.25, 0.3) is 0 Å². The lowest BCUT2D eigenvalue weighted by atomic mass is 9.85. The maximum atomic E-state index is 13.9. The standard InChI is InChI=1S/C41H56N8O5/c1-40(2,3)53-38(50)47(23-27-12-11-13-27)25-31-19-29-16-15-28(18-36(29)49(31)39(51)54-41(4,5)6)24-48-26-35(44-45-48)32-20-30(46(7)8)21-34(33(32)22-42)43-37-14-9-10-17-52-37/h15-16,18-22,26-27,37,42-43H,9-14,17,23-25H2,1-8H3. The summed E-state index contributed by atoms with van der Waals surface area (Å²) in [5.41, 5.74) is 4.76. The molecule has 1 atom stereocenters. The highest BCUT2D eigenvalue weighted by atomic mass is 16.6. The first-order valence-electron chi connectivity index (χ1n) is 19.1. The van der Waals surface area contributed by atoms with Crippen LogP contribution in [0.3, 0.4) is 0 Å². The molecule has 2 aliphatic rings. The molecule has 13 nitrogen and oxygen atoms in total. The Morgan fingerprint density at radius 2 is 1.76 bits per heavy atom. The van der Waals surface area contributed by atoms with Gasteiger partial charge in [-0.3, -0.25) is 0 Å². The van der Waals surface area contributed by atoms with E-state index in [-0.39, 0.29) is 12.8 Å². The van der Waals surface area contributed by atoms with Gasteiger partial charge in [-0.05, 0) is 109 Å². The van der Waals surface area contributed by atoms with Crippen molar-refractivity contribution in [2.75, 3.05) is 37.5 Å². The van der Waals surface area contributed by atoms with Crippen LogP contribution in [0.5, 0.6) is 0 Å². The predicted octanol–water partition coefficient (Wildman–Crippen LogP) is 8.27. The molecule has 6 rings (SSSR count). The first-order valence-corrected chi connectivity index (χ1v) is 19.1. The quantitative estimate of drug-likeness (QED) is 0.146. The highest BCUT2D eigenvalue weighted by Gasteiger charge is 2.30. The molecular weight excluding hydrogens is 685 g/mol. The van der Waals surface area contributed by atoms with Gasteiger partial charge in [-0.1, -0.05) is 23.8 Å². The lowest BCUT2D eigenvalue weighted by Gasteiger charge is -2.33. The second kappa shape index (κ2) is 15.8. The number of anilines is 2. The molecule has 1 saturated heterocycles. The Balaban J connectivity index is 1.32. The van der Waals surface area contributed by atoms with E-state index in [9.17, 15) is 9.59 Å². The van der Waals surface area contributed by atoms with E-state index in [0.717, 1.165) is 66.4 Å². The lowest BCUT2D eigenvalue weighted by Crippen LogP contribution is -2.41. The van der Waals surface area contributed by atoms with Crippen molar-refractivity contribution in [2.45, 2.75) is 111 Å². The average Bonchev–Trinajstić information content (AvgIpc) is 3.68. The number of fused-ring (bicyclic) bond motifs is 1. The summed E-state index contributed by atoms with van der Waals surface area (Å²) in [5, 5.41) is 21.7. The van der Waals surface area contributed by atoms with Gasteiger partial charge in [0.2, 0.25) is 0 Å². The van der Waals surface area contributed by atoms with Crippen molar-refractivity contribution in [1.82, 2.24) is 24.5 Å². The van der Waals surface area contributed by atoms with E-state index < -0.39 is 23.4 Å². The van der Waals surface area contributed by atoms with Gasteiger partial charge >= 0.3 is 12.2 Å². The summed E-state index contributed by atoms with van der Waals surface area (Å²) in [5.74, 6) is 0.408. The molecular formula is C41H56N8O5. The Hall–Kier alpha value is -4.91. The highest BCUT2D eigenvalue weighted by Crippen LogP contribution is 2.34. The number of nitrogens with zero attached hydrogens (tertiary/aromatic N) is 6. The van der Waals surface area contributed by atoms with Crippen LogP contribution in [0.25, 0.3) is 22.2 Å². The van der Waals surface area contributed by atoms with Gasteiger partial charge in [0, 0.05) is 67.0 Å². The summed E-state index contributed by atoms with van der Waals surface area (Å²) >= 11 is 0. The van der Waals surface area contributed by atoms with Crippen LogP contribution in [-0.4, -0.2) is 87.5 Å². The van der Waals surface area contributed by atoms with E-state index in [2.05, 4.69) is 15.6 Å². The first-order chi connectivity index (χ1) is 25.6. The molecule has 0 radical (unpaired) electrons. The summed E-state index contributed by atoms with van der Waals surface area (Å²) in [4.78, 5) is 31.1. The molecule has 2 aromatic heterocycles. The number of hydrogen-bond donors (Lipinski definition) is 2. The van der Waals surface area contributed by atoms with Crippen LogP contribution in [-0.2, 0) is 27.3 Å². The van der Waals surface area contributed by atoms with Crippen molar-refractivity contribution in [1.29, 1.82) is 5.41 Å². The second-order valence-electron chi connectivity index (χ2n) is 16.8. The third kappa shape index (κ3) is 9.41. The molecule has 2 fully saturated rings.